The summed E-state index contributed by atoms with van der Waals surface area (Å²) in [7, 11) is 0. The molecule has 0 fully saturated rings. The summed E-state index contributed by atoms with van der Waals surface area (Å²) in [6, 6.07) is 3.54. The van der Waals surface area contributed by atoms with Crippen LogP contribution in [0.1, 0.15) is 64.9 Å². The quantitative estimate of drug-likeness (QED) is 0.212. The molecule has 0 bridgehead atoms. The van der Waals surface area contributed by atoms with Crippen LogP contribution in [0.25, 0.3) is 0 Å². The van der Waals surface area contributed by atoms with Gasteiger partial charge in [-0.3, -0.25) is 0 Å². The van der Waals surface area contributed by atoms with E-state index < -0.39 is 34.6 Å². The van der Waals surface area contributed by atoms with E-state index >= 15 is 0 Å². The van der Waals surface area contributed by atoms with Crippen molar-refractivity contribution in [3.8, 4) is 0 Å². The first-order valence-corrected chi connectivity index (χ1v) is 16.3. The van der Waals surface area contributed by atoms with Gasteiger partial charge >= 0.3 is 0 Å². The lowest BCUT2D eigenvalue weighted by Crippen LogP contribution is -2.51. The minimum Gasteiger partial charge on any atom is -0.360 e. The molecule has 4 N–H and O–H groups in total. The fourth-order valence-electron chi connectivity index (χ4n) is 5.53. The zero-order chi connectivity index (χ0) is 29.0. The molecule has 0 aliphatic heterocycles. The summed E-state index contributed by atoms with van der Waals surface area (Å²) in [4.78, 5) is 0. The van der Waals surface area contributed by atoms with Crippen LogP contribution in [0.2, 0.25) is 0 Å². The van der Waals surface area contributed by atoms with Crippen molar-refractivity contribution in [3.05, 3.63) is 89.2 Å². The third-order valence-electron chi connectivity index (χ3n) is 8.54. The molecule has 0 aromatic carbocycles. The fraction of sp³-hybridized carbons (Fsp3) is 0.467. The van der Waals surface area contributed by atoms with Crippen molar-refractivity contribution in [2.45, 2.75) is 65.3 Å². The molecule has 2 aromatic rings. The summed E-state index contributed by atoms with van der Waals surface area (Å²) in [5.41, 5.74) is 0.494. The first-order valence-electron chi connectivity index (χ1n) is 12.8. The van der Waals surface area contributed by atoms with E-state index in [1.165, 1.54) is 22.7 Å². The molecule has 0 radical (unpaired) electrons. The Labute approximate surface area is 255 Å². The van der Waals surface area contributed by atoms with Crippen LogP contribution in [-0.2, 0) is 4.74 Å². The highest BCUT2D eigenvalue weighted by Gasteiger charge is 2.55. The molecule has 212 valence electrons. The van der Waals surface area contributed by atoms with Crippen molar-refractivity contribution in [2.75, 3.05) is 0 Å². The van der Waals surface area contributed by atoms with E-state index in [1.54, 1.807) is 22.9 Å². The summed E-state index contributed by atoms with van der Waals surface area (Å²) in [5, 5.41) is 55.4. The van der Waals surface area contributed by atoms with E-state index in [4.69, 9.17) is 4.74 Å². The highest BCUT2D eigenvalue weighted by Crippen LogP contribution is 2.55. The van der Waals surface area contributed by atoms with Crippen LogP contribution < -0.4 is 0 Å². The zero-order valence-corrected chi connectivity index (χ0v) is 27.7. The Balaban J connectivity index is 1.89. The van der Waals surface area contributed by atoms with Crippen LogP contribution in [0, 0.1) is 22.7 Å². The van der Waals surface area contributed by atoms with Crippen LogP contribution in [-0.4, -0.2) is 32.0 Å². The SMILES string of the molecule is CC1C=CC(Br)=C(C(O)(O)C(OC(c2ccsc2)C(O)(O)C2=C(Br)C=CC(C)C2(C)C)c2ccsc2)C1(C)C. The number of aliphatic hydroxyl groups is 4. The van der Waals surface area contributed by atoms with Crippen molar-refractivity contribution in [3.63, 3.8) is 0 Å². The molecule has 9 heteroatoms. The minimum atomic E-state index is -2.49. The van der Waals surface area contributed by atoms with E-state index in [-0.39, 0.29) is 11.8 Å². The van der Waals surface area contributed by atoms with Crippen molar-refractivity contribution in [1.82, 2.24) is 0 Å². The molecule has 4 atom stereocenters. The number of thiophene rings is 2. The van der Waals surface area contributed by atoms with Gasteiger partial charge in [0.15, 0.2) is 0 Å². The van der Waals surface area contributed by atoms with Crippen molar-refractivity contribution < 1.29 is 25.2 Å². The standard InChI is InChI=1S/C30H36Br2O5S2/c1-17-7-9-21(31)23(27(17,3)4)29(33,34)25(19-11-13-38-15-19)37-26(20-12-14-39-16-20)30(35,36)24-22(32)10-8-18(2)28(24,5)6/h7-18,25-26,33-36H,1-6H3. The first kappa shape index (κ1) is 31.1. The summed E-state index contributed by atoms with van der Waals surface area (Å²) in [6.45, 7) is 11.9. The second kappa shape index (κ2) is 11.1. The number of ether oxygens (including phenoxy) is 1. The van der Waals surface area contributed by atoms with Crippen molar-refractivity contribution in [1.29, 1.82) is 0 Å². The molecule has 2 heterocycles. The van der Waals surface area contributed by atoms with Gasteiger partial charge in [-0.25, -0.2) is 0 Å². The molecule has 4 unspecified atom stereocenters. The van der Waals surface area contributed by atoms with Crippen LogP contribution in [0.15, 0.2) is 78.1 Å². The molecule has 2 aromatic heterocycles. The molecule has 0 saturated heterocycles. The number of allylic oxidation sites excluding steroid dienone is 6. The molecule has 2 aliphatic carbocycles. The molecule has 2 aliphatic rings. The van der Waals surface area contributed by atoms with Gasteiger partial charge in [0.2, 0.25) is 11.6 Å². The molecular weight excluding hydrogens is 664 g/mol. The lowest BCUT2D eigenvalue weighted by Gasteiger charge is -2.48. The first-order chi connectivity index (χ1) is 18.0. The third-order valence-corrected chi connectivity index (χ3v) is 11.3. The van der Waals surface area contributed by atoms with E-state index in [9.17, 15) is 20.4 Å². The maximum Gasteiger partial charge on any atom is 0.219 e. The molecular formula is C30H36Br2O5S2. The van der Waals surface area contributed by atoms with E-state index in [1.807, 2.05) is 76.6 Å². The fourth-order valence-corrected chi connectivity index (χ4v) is 8.79. The Bertz CT molecular complexity index is 1200. The number of rotatable bonds is 8. The second-order valence-electron chi connectivity index (χ2n) is 11.6. The Hall–Kier alpha value is -0.880. The average molecular weight is 701 g/mol. The van der Waals surface area contributed by atoms with Crippen LogP contribution >= 0.6 is 54.5 Å². The Morgan fingerprint density at radius 3 is 1.41 bits per heavy atom. The van der Waals surface area contributed by atoms with Gasteiger partial charge in [0.25, 0.3) is 0 Å². The largest absolute Gasteiger partial charge is 0.360 e. The lowest BCUT2D eigenvalue weighted by molar-refractivity contribution is -0.288. The summed E-state index contributed by atoms with van der Waals surface area (Å²) in [5.74, 6) is -4.97. The molecule has 39 heavy (non-hydrogen) atoms. The summed E-state index contributed by atoms with van der Waals surface area (Å²) < 4.78 is 7.70. The number of hydrogen-bond donors (Lipinski definition) is 4. The third kappa shape index (κ3) is 5.51. The highest BCUT2D eigenvalue weighted by atomic mass is 79.9. The second-order valence-corrected chi connectivity index (χ2v) is 14.9. The zero-order valence-electron chi connectivity index (χ0n) is 22.9. The van der Waals surface area contributed by atoms with Crippen molar-refractivity contribution >= 4 is 54.5 Å². The van der Waals surface area contributed by atoms with E-state index in [2.05, 4.69) is 31.9 Å². The molecule has 0 amide bonds. The number of hydrogen-bond acceptors (Lipinski definition) is 7. The summed E-state index contributed by atoms with van der Waals surface area (Å²) in [6.07, 6.45) is 5.02. The highest BCUT2D eigenvalue weighted by molar-refractivity contribution is 9.12. The lowest BCUT2D eigenvalue weighted by atomic mass is 9.66. The predicted molar refractivity (Wildman–Crippen MR) is 166 cm³/mol. The van der Waals surface area contributed by atoms with Gasteiger partial charge in [-0.15, -0.1) is 0 Å². The van der Waals surface area contributed by atoms with Crippen LogP contribution in [0.5, 0.6) is 0 Å². The maximum absolute atomic E-state index is 12.0. The summed E-state index contributed by atoms with van der Waals surface area (Å²) >= 11 is 9.93. The minimum absolute atomic E-state index is 0.00969. The maximum atomic E-state index is 12.0. The molecule has 0 saturated carbocycles. The van der Waals surface area contributed by atoms with Gasteiger partial charge in [-0.2, -0.15) is 22.7 Å². The monoisotopic (exact) mass is 698 g/mol. The van der Waals surface area contributed by atoms with Gasteiger partial charge in [0.05, 0.1) is 0 Å². The number of halogens is 2. The predicted octanol–water partition coefficient (Wildman–Crippen LogP) is 7.73. The Morgan fingerprint density at radius 2 is 1.10 bits per heavy atom. The Kier molecular flexibility index (Phi) is 8.82. The normalized spacial score (nSPS) is 24.8. The van der Waals surface area contributed by atoms with Gasteiger partial charge in [-0.1, -0.05) is 97.7 Å². The van der Waals surface area contributed by atoms with E-state index in [0.29, 0.717) is 31.2 Å². The smallest absolute Gasteiger partial charge is 0.219 e. The van der Waals surface area contributed by atoms with Gasteiger partial charge in [0, 0.05) is 20.1 Å². The van der Waals surface area contributed by atoms with Crippen molar-refractivity contribution in [2.24, 2.45) is 22.7 Å². The topological polar surface area (TPSA) is 90.2 Å². The van der Waals surface area contributed by atoms with E-state index in [0.717, 1.165) is 0 Å². The van der Waals surface area contributed by atoms with Crippen LogP contribution in [0.3, 0.4) is 0 Å². The van der Waals surface area contributed by atoms with Gasteiger partial charge in [0.1, 0.15) is 12.2 Å². The molecule has 0 spiro atoms. The Morgan fingerprint density at radius 1 is 0.744 bits per heavy atom. The molecule has 5 nitrogen and oxygen atoms in total. The van der Waals surface area contributed by atoms with Gasteiger partial charge in [-0.05, 0) is 67.4 Å². The molecule has 4 rings (SSSR count). The average Bonchev–Trinajstić information content (AvgIpc) is 3.53. The van der Waals surface area contributed by atoms with Gasteiger partial charge < -0.3 is 25.2 Å². The van der Waals surface area contributed by atoms with Crippen LogP contribution in [0.4, 0.5) is 0 Å².